The maximum absolute atomic E-state index is 12.4. The molecule has 2 aliphatic rings. The van der Waals surface area contributed by atoms with Crippen LogP contribution in [0.3, 0.4) is 0 Å². The van der Waals surface area contributed by atoms with E-state index in [2.05, 4.69) is 16.5 Å². The van der Waals surface area contributed by atoms with E-state index in [1.54, 1.807) is 4.90 Å². The number of hydrogen-bond donors (Lipinski definition) is 1. The van der Waals surface area contributed by atoms with Crippen LogP contribution in [0.15, 0.2) is 73.1 Å². The molecule has 4 aromatic rings. The smallest absolute Gasteiger partial charge is 0.263 e. The van der Waals surface area contributed by atoms with Gasteiger partial charge in [0.15, 0.2) is 5.65 Å². The molecular formula is C28H25N7O2. The number of likely N-dealkylation sites (tertiary alicyclic amines) is 1. The number of nitrogens with two attached hydrogens (primary N) is 1. The zero-order chi connectivity index (χ0) is 25.5. The summed E-state index contributed by atoms with van der Waals surface area (Å²) in [5.41, 5.74) is 8.65. The fraction of sp³-hybridized carbons (Fsp3) is 0.250. The van der Waals surface area contributed by atoms with E-state index in [1.807, 2.05) is 65.3 Å². The van der Waals surface area contributed by atoms with Crippen molar-refractivity contribution in [2.45, 2.75) is 18.9 Å². The van der Waals surface area contributed by atoms with Gasteiger partial charge in [-0.05, 0) is 61.1 Å². The summed E-state index contributed by atoms with van der Waals surface area (Å²) in [5, 5.41) is 14.8. The topological polar surface area (TPSA) is 123 Å². The number of carbonyl (C=O) groups is 1. The van der Waals surface area contributed by atoms with Crippen molar-refractivity contribution >= 4 is 22.8 Å². The number of carbonyl (C=O) groups excluding carboxylic acids is 1. The lowest BCUT2D eigenvalue weighted by molar-refractivity contribution is -0.126. The molecule has 2 aromatic carbocycles. The first-order valence-electron chi connectivity index (χ1n) is 12.2. The fourth-order valence-corrected chi connectivity index (χ4v) is 5.63. The van der Waals surface area contributed by atoms with Crippen molar-refractivity contribution in [2.24, 2.45) is 11.8 Å². The molecule has 184 valence electrons. The third-order valence-electron chi connectivity index (χ3n) is 7.38. The molecule has 0 radical (unpaired) electrons. The molecule has 3 heterocycles. The summed E-state index contributed by atoms with van der Waals surface area (Å²) in [6.07, 6.45) is 3.22. The summed E-state index contributed by atoms with van der Waals surface area (Å²) >= 11 is 0. The number of fused-ring (bicyclic) bond motifs is 2. The number of ether oxygens (including phenoxy) is 1. The Labute approximate surface area is 213 Å². The summed E-state index contributed by atoms with van der Waals surface area (Å²) in [5.74, 6) is 2.31. The van der Waals surface area contributed by atoms with E-state index in [0.29, 0.717) is 36.4 Å². The van der Waals surface area contributed by atoms with Gasteiger partial charge in [-0.25, -0.2) is 14.6 Å². The van der Waals surface area contributed by atoms with Crippen molar-refractivity contribution < 1.29 is 9.53 Å². The zero-order valence-corrected chi connectivity index (χ0v) is 20.1. The van der Waals surface area contributed by atoms with Gasteiger partial charge in [-0.1, -0.05) is 24.8 Å². The van der Waals surface area contributed by atoms with Gasteiger partial charge >= 0.3 is 0 Å². The molecule has 37 heavy (non-hydrogen) atoms. The van der Waals surface area contributed by atoms with Gasteiger partial charge in [0, 0.05) is 18.7 Å². The molecule has 1 amide bonds. The Hall–Kier alpha value is -4.71. The number of nitrogens with zero attached hydrogens (tertiary/aromatic N) is 6. The fourth-order valence-electron chi connectivity index (χ4n) is 5.63. The summed E-state index contributed by atoms with van der Waals surface area (Å²) in [6, 6.07) is 19.4. The lowest BCUT2D eigenvalue weighted by Gasteiger charge is -2.19. The predicted octanol–water partition coefficient (Wildman–Crippen LogP) is 4.36. The minimum Gasteiger partial charge on any atom is -0.457 e. The highest BCUT2D eigenvalue weighted by atomic mass is 16.5. The van der Waals surface area contributed by atoms with E-state index < -0.39 is 0 Å². The Balaban J connectivity index is 1.27. The molecule has 1 aliphatic heterocycles. The molecule has 2 N–H and O–H groups in total. The standard InChI is InChI=1S/C28H25N7O2/c1-17(13-29)28(36)34-14-19-11-21(12-20(19)15-34)35-27-24(26(30)31-16-32-27)25(33-35)18-7-9-23(10-8-18)37-22-5-3-2-4-6-22/h2-10,16,19-21H,1,11-12,14-15H2,(H2,30,31,32). The van der Waals surface area contributed by atoms with E-state index in [9.17, 15) is 4.79 Å². The predicted molar refractivity (Wildman–Crippen MR) is 138 cm³/mol. The molecule has 1 saturated heterocycles. The van der Waals surface area contributed by atoms with Gasteiger partial charge in [-0.2, -0.15) is 10.4 Å². The highest BCUT2D eigenvalue weighted by Crippen LogP contribution is 2.45. The van der Waals surface area contributed by atoms with Crippen LogP contribution in [0, 0.1) is 23.2 Å². The third-order valence-corrected chi connectivity index (χ3v) is 7.38. The van der Waals surface area contributed by atoms with E-state index in [1.165, 1.54) is 6.33 Å². The maximum atomic E-state index is 12.4. The largest absolute Gasteiger partial charge is 0.457 e. The third kappa shape index (κ3) is 4.06. The molecule has 2 fully saturated rings. The summed E-state index contributed by atoms with van der Waals surface area (Å²) in [4.78, 5) is 22.9. The number of hydrogen-bond acceptors (Lipinski definition) is 7. The normalized spacial score (nSPS) is 20.5. The average molecular weight is 492 g/mol. The van der Waals surface area contributed by atoms with Crippen molar-refractivity contribution in [2.75, 3.05) is 18.8 Å². The van der Waals surface area contributed by atoms with Crippen LogP contribution >= 0.6 is 0 Å². The van der Waals surface area contributed by atoms with Crippen LogP contribution in [0.5, 0.6) is 11.5 Å². The molecule has 2 unspecified atom stereocenters. The first-order chi connectivity index (χ1) is 18.0. The van der Waals surface area contributed by atoms with Crippen LogP contribution in [0.4, 0.5) is 5.82 Å². The zero-order valence-electron chi connectivity index (χ0n) is 20.1. The lowest BCUT2D eigenvalue weighted by atomic mass is 10.0. The van der Waals surface area contributed by atoms with Crippen molar-refractivity contribution in [3.05, 3.63) is 73.1 Å². The van der Waals surface area contributed by atoms with Crippen LogP contribution in [0.1, 0.15) is 18.9 Å². The van der Waals surface area contributed by atoms with Crippen LogP contribution in [-0.2, 0) is 4.79 Å². The van der Waals surface area contributed by atoms with Gasteiger partial charge in [-0.3, -0.25) is 4.79 Å². The second-order valence-corrected chi connectivity index (χ2v) is 9.64. The second-order valence-electron chi connectivity index (χ2n) is 9.64. The molecule has 9 nitrogen and oxygen atoms in total. The maximum Gasteiger partial charge on any atom is 0.263 e. The molecule has 2 aromatic heterocycles. The molecular weight excluding hydrogens is 466 g/mol. The van der Waals surface area contributed by atoms with Gasteiger partial charge in [0.2, 0.25) is 0 Å². The number of para-hydroxylation sites is 1. The number of nitriles is 1. The highest BCUT2D eigenvalue weighted by molar-refractivity contribution is 5.98. The summed E-state index contributed by atoms with van der Waals surface area (Å²) < 4.78 is 7.91. The summed E-state index contributed by atoms with van der Waals surface area (Å²) in [7, 11) is 0. The monoisotopic (exact) mass is 491 g/mol. The molecule has 1 aliphatic carbocycles. The van der Waals surface area contributed by atoms with Gasteiger partial charge < -0.3 is 15.4 Å². The first kappa shape index (κ1) is 22.7. The van der Waals surface area contributed by atoms with Crippen LogP contribution in [0.25, 0.3) is 22.3 Å². The Morgan fingerprint density at radius 3 is 2.38 bits per heavy atom. The van der Waals surface area contributed by atoms with Crippen LogP contribution in [-0.4, -0.2) is 43.6 Å². The van der Waals surface area contributed by atoms with Gasteiger partial charge in [0.1, 0.15) is 41.0 Å². The van der Waals surface area contributed by atoms with E-state index in [-0.39, 0.29) is 17.5 Å². The van der Waals surface area contributed by atoms with E-state index in [0.717, 1.165) is 41.0 Å². The van der Waals surface area contributed by atoms with Crippen molar-refractivity contribution in [3.8, 4) is 28.8 Å². The van der Waals surface area contributed by atoms with E-state index >= 15 is 0 Å². The highest BCUT2D eigenvalue weighted by Gasteiger charge is 2.44. The van der Waals surface area contributed by atoms with Gasteiger partial charge in [-0.15, -0.1) is 0 Å². The Bertz CT molecular complexity index is 1520. The van der Waals surface area contributed by atoms with Crippen molar-refractivity contribution in [1.29, 1.82) is 5.26 Å². The number of aromatic nitrogens is 4. The van der Waals surface area contributed by atoms with Crippen molar-refractivity contribution in [1.82, 2.24) is 24.6 Å². The number of amides is 1. The second kappa shape index (κ2) is 9.06. The number of anilines is 1. The number of nitrogen functional groups attached to an aromatic ring is 1. The molecule has 6 rings (SSSR count). The van der Waals surface area contributed by atoms with Gasteiger partial charge in [0.05, 0.1) is 11.4 Å². The number of rotatable bonds is 5. The molecule has 0 spiro atoms. The quantitative estimate of drug-likeness (QED) is 0.325. The minimum absolute atomic E-state index is 0.00778. The average Bonchev–Trinajstić information content (AvgIpc) is 3.61. The van der Waals surface area contributed by atoms with E-state index in [4.69, 9.17) is 20.8 Å². The molecule has 1 saturated carbocycles. The number of benzene rings is 2. The molecule has 2 atom stereocenters. The van der Waals surface area contributed by atoms with Crippen molar-refractivity contribution in [3.63, 3.8) is 0 Å². The van der Waals surface area contributed by atoms with Crippen LogP contribution < -0.4 is 10.5 Å². The van der Waals surface area contributed by atoms with Crippen LogP contribution in [0.2, 0.25) is 0 Å². The Morgan fingerprint density at radius 1 is 1.03 bits per heavy atom. The first-order valence-corrected chi connectivity index (χ1v) is 12.2. The molecule has 0 bridgehead atoms. The Morgan fingerprint density at radius 2 is 1.70 bits per heavy atom. The SMILES string of the molecule is C=C(C#N)C(=O)N1CC2CC(n3nc(-c4ccc(Oc5ccccc5)cc4)c4c(N)ncnc43)CC2C1. The lowest BCUT2D eigenvalue weighted by Crippen LogP contribution is -2.30. The summed E-state index contributed by atoms with van der Waals surface area (Å²) in [6.45, 7) is 4.84. The Kier molecular flexibility index (Phi) is 5.57. The van der Waals surface area contributed by atoms with Gasteiger partial charge in [0.25, 0.3) is 5.91 Å². The minimum atomic E-state index is -0.263. The molecule has 9 heteroatoms.